The molecule has 0 unspecified atom stereocenters. The number of hydrogen-bond donors (Lipinski definition) is 2. The summed E-state index contributed by atoms with van der Waals surface area (Å²) in [6.07, 6.45) is 2.39. The zero-order valence-corrected chi connectivity index (χ0v) is 21.6. The summed E-state index contributed by atoms with van der Waals surface area (Å²) >= 11 is 5.81. The van der Waals surface area contributed by atoms with Crippen molar-refractivity contribution in [3.8, 4) is 0 Å². The summed E-state index contributed by atoms with van der Waals surface area (Å²) in [6, 6.07) is 7.31. The zero-order chi connectivity index (χ0) is 27.5. The number of rotatable bonds is 7. The van der Waals surface area contributed by atoms with Crippen LogP contribution in [0.2, 0.25) is 5.02 Å². The summed E-state index contributed by atoms with van der Waals surface area (Å²) < 4.78 is 82.0. The predicted octanol–water partition coefficient (Wildman–Crippen LogP) is 2.40. The van der Waals surface area contributed by atoms with Crippen LogP contribution in [0.4, 0.5) is 5.69 Å². The van der Waals surface area contributed by atoms with Crippen LogP contribution in [-0.2, 0) is 44.0 Å². The number of nitrogens with zero attached hydrogens (tertiary/aromatic N) is 1. The molecule has 198 valence electrons. The van der Waals surface area contributed by atoms with Gasteiger partial charge in [0.05, 0.1) is 26.4 Å². The summed E-state index contributed by atoms with van der Waals surface area (Å²) in [7, 11) is -7.32. The number of benzene rings is 2. The van der Waals surface area contributed by atoms with Crippen molar-refractivity contribution in [2.45, 2.75) is 9.79 Å². The van der Waals surface area contributed by atoms with E-state index in [-0.39, 0.29) is 46.4 Å². The minimum atomic E-state index is -4.85. The maximum atomic E-state index is 12.5. The van der Waals surface area contributed by atoms with Crippen molar-refractivity contribution in [1.82, 2.24) is 0 Å². The van der Waals surface area contributed by atoms with Crippen LogP contribution in [0.15, 0.2) is 57.5 Å². The number of methoxy groups -OCH3 is 2. The molecule has 1 aliphatic heterocycles. The number of hydrogen-bond acceptors (Lipinski definition) is 10. The third-order valence-corrected chi connectivity index (χ3v) is 7.17. The molecule has 0 spiro atoms. The first kappa shape index (κ1) is 28.3. The Morgan fingerprint density at radius 1 is 0.919 bits per heavy atom. The van der Waals surface area contributed by atoms with Crippen molar-refractivity contribution in [3.63, 3.8) is 0 Å². The summed E-state index contributed by atoms with van der Waals surface area (Å²) in [6.45, 7) is -0.537. The molecule has 2 N–H and O–H groups in total. The lowest BCUT2D eigenvalue weighted by Gasteiger charge is -2.31. The van der Waals surface area contributed by atoms with Gasteiger partial charge in [-0.1, -0.05) is 35.9 Å². The molecular formula is C22H20ClNO11S2. The Kier molecular flexibility index (Phi) is 8.42. The monoisotopic (exact) mass is 573 g/mol. The van der Waals surface area contributed by atoms with Gasteiger partial charge in [-0.2, -0.15) is 16.8 Å². The van der Waals surface area contributed by atoms with E-state index in [4.69, 9.17) is 21.1 Å². The highest BCUT2D eigenvalue weighted by Gasteiger charge is 2.33. The number of carbonyl (C=O) groups excluding carboxylic acids is 2. The van der Waals surface area contributed by atoms with Gasteiger partial charge in [0.15, 0.2) is 0 Å². The first-order valence-electron chi connectivity index (χ1n) is 10.1. The smallest absolute Gasteiger partial charge is 0.355 e. The highest BCUT2D eigenvalue weighted by molar-refractivity contribution is 7.86. The molecule has 2 aromatic carbocycles. The maximum absolute atomic E-state index is 12.5. The van der Waals surface area contributed by atoms with E-state index in [0.29, 0.717) is 0 Å². The highest BCUT2D eigenvalue weighted by Crippen LogP contribution is 2.31. The van der Waals surface area contributed by atoms with Gasteiger partial charge in [-0.05, 0) is 35.4 Å². The number of anilines is 1. The molecule has 15 heteroatoms. The van der Waals surface area contributed by atoms with Crippen molar-refractivity contribution < 1.29 is 49.7 Å². The van der Waals surface area contributed by atoms with Gasteiger partial charge in [0, 0.05) is 10.7 Å². The quantitative estimate of drug-likeness (QED) is 0.281. The lowest BCUT2D eigenvalue weighted by atomic mass is 10.1. The first-order chi connectivity index (χ1) is 17.3. The second-order valence-corrected chi connectivity index (χ2v) is 10.6. The minimum absolute atomic E-state index is 0.0136. The van der Waals surface area contributed by atoms with Crippen LogP contribution in [0.5, 0.6) is 0 Å². The van der Waals surface area contributed by atoms with Gasteiger partial charge in [0.25, 0.3) is 20.2 Å². The van der Waals surface area contributed by atoms with Crippen LogP contribution in [0.1, 0.15) is 11.1 Å². The van der Waals surface area contributed by atoms with E-state index in [9.17, 15) is 35.5 Å². The van der Waals surface area contributed by atoms with Gasteiger partial charge < -0.3 is 19.1 Å². The molecule has 1 heterocycles. The lowest BCUT2D eigenvalue weighted by molar-refractivity contribution is -0.140. The Balaban J connectivity index is 2.15. The molecule has 0 fully saturated rings. The van der Waals surface area contributed by atoms with Crippen molar-refractivity contribution in [3.05, 3.63) is 63.8 Å². The van der Waals surface area contributed by atoms with E-state index in [2.05, 4.69) is 4.74 Å². The van der Waals surface area contributed by atoms with Crippen molar-refractivity contribution in [1.29, 1.82) is 0 Å². The highest BCUT2D eigenvalue weighted by atomic mass is 35.5. The van der Waals surface area contributed by atoms with E-state index < -0.39 is 42.0 Å². The lowest BCUT2D eigenvalue weighted by Crippen LogP contribution is -2.38. The molecule has 0 aliphatic carbocycles. The average molecular weight is 574 g/mol. The molecule has 37 heavy (non-hydrogen) atoms. The molecule has 0 saturated carbocycles. The Hall–Kier alpha value is -3.27. The fourth-order valence-electron chi connectivity index (χ4n) is 3.45. The third kappa shape index (κ3) is 6.36. The van der Waals surface area contributed by atoms with Gasteiger partial charge in [-0.3, -0.25) is 9.11 Å². The minimum Gasteiger partial charge on any atom is -0.466 e. The topological polar surface area (TPSA) is 174 Å². The molecule has 12 nitrogen and oxygen atoms in total. The van der Waals surface area contributed by atoms with Gasteiger partial charge >= 0.3 is 11.9 Å². The van der Waals surface area contributed by atoms with Crippen LogP contribution in [0.3, 0.4) is 0 Å². The Labute approximate surface area is 217 Å². The predicted molar refractivity (Wildman–Crippen MR) is 131 cm³/mol. The van der Waals surface area contributed by atoms with Gasteiger partial charge in [0.1, 0.15) is 22.2 Å². The summed E-state index contributed by atoms with van der Waals surface area (Å²) in [5.41, 5.74) is -0.462. The van der Waals surface area contributed by atoms with Crippen LogP contribution in [0, 0.1) is 0 Å². The third-order valence-electron chi connectivity index (χ3n) is 5.12. The maximum Gasteiger partial charge on any atom is 0.355 e. The number of esters is 2. The normalized spacial score (nSPS) is 14.7. The molecule has 0 amide bonds. The number of halogens is 1. The number of ether oxygens (including phenoxy) is 3. The van der Waals surface area contributed by atoms with Gasteiger partial charge in [-0.15, -0.1) is 0 Å². The molecule has 0 aromatic heterocycles. The van der Waals surface area contributed by atoms with Crippen LogP contribution < -0.4 is 4.90 Å². The molecule has 0 saturated heterocycles. The first-order valence-corrected chi connectivity index (χ1v) is 13.4. The SMILES string of the molecule is COC(=O)C1=C(C(=O)OC)N(c2ccc(C=Cc3ccc(Cl)cc3S(=O)(=O)O)c(S(=O)(=O)O)c2)COC1. The molecular weight excluding hydrogens is 554 g/mol. The molecule has 3 rings (SSSR count). The average Bonchev–Trinajstić information content (AvgIpc) is 2.85. The van der Waals surface area contributed by atoms with E-state index in [1.165, 1.54) is 41.3 Å². The number of carbonyl (C=O) groups is 2. The van der Waals surface area contributed by atoms with E-state index in [1.807, 2.05) is 0 Å². The summed E-state index contributed by atoms with van der Waals surface area (Å²) in [4.78, 5) is 24.7. The summed E-state index contributed by atoms with van der Waals surface area (Å²) in [5.74, 6) is -1.78. The summed E-state index contributed by atoms with van der Waals surface area (Å²) in [5, 5.41) is 0.0392. The Bertz CT molecular complexity index is 1530. The second kappa shape index (κ2) is 11.0. The zero-order valence-electron chi connectivity index (χ0n) is 19.2. The van der Waals surface area contributed by atoms with Crippen molar-refractivity contribution in [2.24, 2.45) is 0 Å². The fraction of sp³-hybridized carbons (Fsp3) is 0.182. The Morgan fingerprint density at radius 3 is 2.00 bits per heavy atom. The molecule has 0 atom stereocenters. The molecule has 2 aromatic rings. The van der Waals surface area contributed by atoms with Gasteiger partial charge in [0.2, 0.25) is 0 Å². The Morgan fingerprint density at radius 2 is 1.46 bits per heavy atom. The van der Waals surface area contributed by atoms with Gasteiger partial charge in [-0.25, -0.2) is 9.59 Å². The van der Waals surface area contributed by atoms with Crippen LogP contribution in [-0.4, -0.2) is 65.4 Å². The largest absolute Gasteiger partial charge is 0.466 e. The second-order valence-electron chi connectivity index (χ2n) is 7.40. The van der Waals surface area contributed by atoms with E-state index in [0.717, 1.165) is 26.4 Å². The molecule has 0 bridgehead atoms. The van der Waals surface area contributed by atoms with Crippen LogP contribution in [0.25, 0.3) is 12.2 Å². The van der Waals surface area contributed by atoms with E-state index >= 15 is 0 Å². The van der Waals surface area contributed by atoms with E-state index in [1.54, 1.807) is 0 Å². The van der Waals surface area contributed by atoms with Crippen molar-refractivity contribution in [2.75, 3.05) is 32.5 Å². The standard InChI is InChI=1S/C22H20ClNO11S2/c1-33-21(25)17-11-35-12-24(20(17)22(26)34-2)16-8-6-14(19(10-16)37(30,31)32)4-3-13-5-7-15(23)9-18(13)36(27,28)29/h3-10H,11-12H2,1-2H3,(H,27,28,29)(H,30,31,32). The fourth-order valence-corrected chi connectivity index (χ4v) is 5.10. The molecule has 0 radical (unpaired) electrons. The molecule has 1 aliphatic rings. The van der Waals surface area contributed by atoms with Crippen LogP contribution >= 0.6 is 11.6 Å². The van der Waals surface area contributed by atoms with Crippen molar-refractivity contribution >= 4 is 61.6 Å².